The summed E-state index contributed by atoms with van der Waals surface area (Å²) >= 11 is 0. The molecule has 0 aromatic heterocycles. The zero-order valence-electron chi connectivity index (χ0n) is 19.1. The quantitative estimate of drug-likeness (QED) is 0.248. The number of aldehydes is 2. The molecule has 0 aromatic carbocycles. The third-order valence-corrected chi connectivity index (χ3v) is 4.95. The second-order valence-electron chi connectivity index (χ2n) is 7.16. The minimum Gasteiger partial charge on any atom is -0.479 e. The number of hydrogen-bond acceptors (Lipinski definition) is 9. The number of rotatable bonds is 14. The van der Waals surface area contributed by atoms with Gasteiger partial charge in [-0.15, -0.1) is 0 Å². The summed E-state index contributed by atoms with van der Waals surface area (Å²) in [6.07, 6.45) is -1.99. The molecule has 1 aliphatic rings. The van der Waals surface area contributed by atoms with Crippen LogP contribution in [-0.4, -0.2) is 96.7 Å². The monoisotopic (exact) mass is 463 g/mol. The maximum absolute atomic E-state index is 11.6. The first-order chi connectivity index (χ1) is 15.3. The minimum absolute atomic E-state index is 0.179. The molecule has 1 amide bonds. The molecule has 7 atom stereocenters. The highest BCUT2D eigenvalue weighted by Crippen LogP contribution is 2.30. The van der Waals surface area contributed by atoms with Gasteiger partial charge in [-0.25, -0.2) is 4.79 Å². The largest absolute Gasteiger partial charge is 0.479 e. The second kappa shape index (κ2) is 16.7. The molecular weight excluding hydrogens is 426 g/mol. The number of nitrogens with one attached hydrogen (secondary N) is 1. The Balaban J connectivity index is 0.00000466. The molecule has 11 heteroatoms. The first-order valence-electron chi connectivity index (χ1n) is 10.8. The van der Waals surface area contributed by atoms with Crippen molar-refractivity contribution in [2.75, 3.05) is 26.4 Å². The summed E-state index contributed by atoms with van der Waals surface area (Å²) < 4.78 is 16.2. The van der Waals surface area contributed by atoms with Gasteiger partial charge >= 0.3 is 5.97 Å². The van der Waals surface area contributed by atoms with Gasteiger partial charge in [-0.05, 0) is 6.42 Å². The first-order valence-corrected chi connectivity index (χ1v) is 10.8. The van der Waals surface area contributed by atoms with Crippen LogP contribution in [-0.2, 0) is 33.4 Å². The molecule has 0 bridgehead atoms. The molecule has 0 aromatic rings. The van der Waals surface area contributed by atoms with Crippen molar-refractivity contribution in [3.8, 4) is 0 Å². The number of carbonyl (C=O) groups excluding carboxylic acids is 3. The smallest absolute Gasteiger partial charge is 0.333 e. The van der Waals surface area contributed by atoms with E-state index in [0.717, 1.165) is 6.42 Å². The maximum Gasteiger partial charge on any atom is 0.333 e. The van der Waals surface area contributed by atoms with E-state index in [9.17, 15) is 34.5 Å². The van der Waals surface area contributed by atoms with Crippen molar-refractivity contribution in [1.82, 2.24) is 5.32 Å². The van der Waals surface area contributed by atoms with E-state index >= 15 is 0 Å². The fraction of sp³-hybridized carbons (Fsp3) is 0.810. The third kappa shape index (κ3) is 9.29. The molecule has 7 unspecified atom stereocenters. The van der Waals surface area contributed by atoms with Crippen LogP contribution in [0.1, 0.15) is 40.5 Å². The molecule has 0 spiro atoms. The van der Waals surface area contributed by atoms with Crippen LogP contribution in [0, 0.1) is 11.8 Å². The number of aliphatic hydroxyl groups is 2. The van der Waals surface area contributed by atoms with Crippen LogP contribution in [0.3, 0.4) is 0 Å². The number of amides is 1. The van der Waals surface area contributed by atoms with Crippen molar-refractivity contribution >= 4 is 24.4 Å². The number of hydrogen-bond donors (Lipinski definition) is 4. The molecule has 1 fully saturated rings. The van der Waals surface area contributed by atoms with Gasteiger partial charge in [-0.1, -0.05) is 27.2 Å². The highest BCUT2D eigenvalue weighted by molar-refractivity contribution is 5.77. The standard InChI is InChI=1S/C19H31NO10.C2H6/c1-3-4-13-14(8-23)30-15(16(17(13)25)20-11(2)24)10-28-9-12(7-22)18(19(26)27)29-6-5-21;1-2/h5,7,12-18,23,25H,3-4,6,8-10H2,1-2H3,(H,20,24)(H,26,27);1-2H3. The highest BCUT2D eigenvalue weighted by Gasteiger charge is 2.45. The van der Waals surface area contributed by atoms with Crippen LogP contribution in [0.5, 0.6) is 0 Å². The van der Waals surface area contributed by atoms with Gasteiger partial charge in [0.15, 0.2) is 6.10 Å². The van der Waals surface area contributed by atoms with E-state index in [2.05, 4.69) is 5.32 Å². The Bertz CT molecular complexity index is 573. The van der Waals surface area contributed by atoms with Crippen molar-refractivity contribution in [3.63, 3.8) is 0 Å². The highest BCUT2D eigenvalue weighted by atomic mass is 16.6. The van der Waals surface area contributed by atoms with Crippen LogP contribution >= 0.6 is 0 Å². The number of carbonyl (C=O) groups is 4. The van der Waals surface area contributed by atoms with Crippen LogP contribution in [0.4, 0.5) is 0 Å². The van der Waals surface area contributed by atoms with Gasteiger partial charge in [-0.2, -0.15) is 0 Å². The van der Waals surface area contributed by atoms with Crippen molar-refractivity contribution < 1.29 is 48.7 Å². The number of ether oxygens (including phenoxy) is 3. The van der Waals surface area contributed by atoms with E-state index in [4.69, 9.17) is 14.2 Å². The van der Waals surface area contributed by atoms with E-state index in [1.807, 2.05) is 20.8 Å². The molecule has 186 valence electrons. The lowest BCUT2D eigenvalue weighted by molar-refractivity contribution is -0.188. The van der Waals surface area contributed by atoms with Crippen LogP contribution in [0.2, 0.25) is 0 Å². The normalized spacial score (nSPS) is 26.8. The lowest BCUT2D eigenvalue weighted by Gasteiger charge is -2.44. The summed E-state index contributed by atoms with van der Waals surface area (Å²) in [7, 11) is 0. The van der Waals surface area contributed by atoms with E-state index in [1.165, 1.54) is 6.92 Å². The summed E-state index contributed by atoms with van der Waals surface area (Å²) in [5.74, 6) is -3.37. The number of carboxylic acid groups (broad SMARTS) is 1. The van der Waals surface area contributed by atoms with Crippen LogP contribution in [0.15, 0.2) is 0 Å². The Morgan fingerprint density at radius 1 is 1.22 bits per heavy atom. The topological polar surface area (TPSA) is 169 Å². The average Bonchev–Trinajstić information content (AvgIpc) is 2.77. The summed E-state index contributed by atoms with van der Waals surface area (Å²) in [6.45, 7) is 5.88. The molecule has 1 heterocycles. The van der Waals surface area contributed by atoms with Crippen molar-refractivity contribution in [3.05, 3.63) is 0 Å². The zero-order valence-corrected chi connectivity index (χ0v) is 19.1. The van der Waals surface area contributed by atoms with Crippen molar-refractivity contribution in [1.29, 1.82) is 0 Å². The van der Waals surface area contributed by atoms with Crippen molar-refractivity contribution in [2.45, 2.75) is 71.0 Å². The fourth-order valence-corrected chi connectivity index (χ4v) is 3.58. The number of carboxylic acids is 1. The summed E-state index contributed by atoms with van der Waals surface area (Å²) in [5.41, 5.74) is 0. The fourth-order valence-electron chi connectivity index (χ4n) is 3.58. The van der Waals surface area contributed by atoms with Gasteiger partial charge < -0.3 is 44.4 Å². The molecule has 0 radical (unpaired) electrons. The Morgan fingerprint density at radius 2 is 1.88 bits per heavy atom. The number of aliphatic hydroxyl groups excluding tert-OH is 2. The lowest BCUT2D eigenvalue weighted by Crippen LogP contribution is -2.62. The second-order valence-corrected chi connectivity index (χ2v) is 7.16. The summed E-state index contributed by atoms with van der Waals surface area (Å²) in [5, 5.41) is 32.2. The van der Waals surface area contributed by atoms with Gasteiger partial charge in [0.25, 0.3) is 0 Å². The van der Waals surface area contributed by atoms with Gasteiger partial charge in [0, 0.05) is 12.8 Å². The molecule has 1 aliphatic heterocycles. The van der Waals surface area contributed by atoms with Crippen LogP contribution < -0.4 is 5.32 Å². The molecule has 11 nitrogen and oxygen atoms in total. The SMILES string of the molecule is CC.CCCC1C(CO)OC(COCC(C=O)C(OCC=O)C(=O)O)C(NC(C)=O)C1O. The maximum atomic E-state index is 11.6. The Hall–Kier alpha value is -1.92. The summed E-state index contributed by atoms with van der Waals surface area (Å²) in [4.78, 5) is 44.6. The molecule has 1 saturated heterocycles. The van der Waals surface area contributed by atoms with Gasteiger partial charge in [-0.3, -0.25) is 4.79 Å². The van der Waals surface area contributed by atoms with Gasteiger partial charge in [0.05, 0.1) is 44.0 Å². The van der Waals surface area contributed by atoms with E-state index in [-0.39, 0.29) is 31.6 Å². The van der Waals surface area contributed by atoms with Gasteiger partial charge in [0.2, 0.25) is 5.91 Å². The predicted molar refractivity (Wildman–Crippen MR) is 113 cm³/mol. The van der Waals surface area contributed by atoms with Crippen molar-refractivity contribution in [2.24, 2.45) is 11.8 Å². The Kier molecular flexibility index (Phi) is 15.7. The van der Waals surface area contributed by atoms with Crippen LogP contribution in [0.25, 0.3) is 0 Å². The average molecular weight is 464 g/mol. The third-order valence-electron chi connectivity index (χ3n) is 4.95. The van der Waals surface area contributed by atoms with E-state index < -0.39 is 49.0 Å². The predicted octanol–water partition coefficient (Wildman–Crippen LogP) is -0.445. The van der Waals surface area contributed by atoms with Gasteiger partial charge in [0.1, 0.15) is 25.3 Å². The molecular formula is C21H37NO10. The molecule has 32 heavy (non-hydrogen) atoms. The first kappa shape index (κ1) is 30.1. The Labute approximate surface area is 188 Å². The molecule has 0 saturated carbocycles. The number of aliphatic carboxylic acids is 1. The van der Waals surface area contributed by atoms with E-state index in [1.54, 1.807) is 0 Å². The lowest BCUT2D eigenvalue weighted by atomic mass is 9.82. The minimum atomic E-state index is -1.56. The summed E-state index contributed by atoms with van der Waals surface area (Å²) in [6, 6.07) is -0.807. The molecule has 1 rings (SSSR count). The molecule has 0 aliphatic carbocycles. The van der Waals surface area contributed by atoms with E-state index in [0.29, 0.717) is 19.0 Å². The molecule has 4 N–H and O–H groups in total. The Morgan fingerprint density at radius 3 is 2.34 bits per heavy atom. The zero-order chi connectivity index (χ0) is 24.7.